The molecule has 0 aromatic carbocycles. The predicted octanol–water partition coefficient (Wildman–Crippen LogP) is 1.94. The van der Waals surface area contributed by atoms with Crippen molar-refractivity contribution in [3.8, 4) is 0 Å². The lowest BCUT2D eigenvalue weighted by molar-refractivity contribution is 0.163. The summed E-state index contributed by atoms with van der Waals surface area (Å²) >= 11 is 0. The van der Waals surface area contributed by atoms with E-state index < -0.39 is 0 Å². The molecule has 5 atom stereocenters. The van der Waals surface area contributed by atoms with E-state index in [2.05, 4.69) is 38.3 Å². The minimum atomic E-state index is -0.335. The van der Waals surface area contributed by atoms with Gasteiger partial charge in [-0.1, -0.05) is 47.0 Å². The highest BCUT2D eigenvalue weighted by atomic mass is 16.3. The first kappa shape index (κ1) is 24.8. The van der Waals surface area contributed by atoms with Crippen LogP contribution in [0.1, 0.15) is 59.8 Å². The minimum absolute atomic E-state index is 0.335. The van der Waals surface area contributed by atoms with Crippen LogP contribution in [-0.4, -0.2) is 50.5 Å². The van der Waals surface area contributed by atoms with Crippen LogP contribution in [0.4, 0.5) is 0 Å². The molecule has 0 radical (unpaired) electrons. The van der Waals surface area contributed by atoms with E-state index in [-0.39, 0.29) is 6.10 Å². The summed E-state index contributed by atoms with van der Waals surface area (Å²) < 4.78 is 0. The van der Waals surface area contributed by atoms with E-state index in [4.69, 9.17) is 11.5 Å². The average Bonchev–Trinajstić information content (AvgIpc) is 2.62. The second kappa shape index (κ2) is 16.0. The van der Waals surface area contributed by atoms with E-state index in [1.54, 1.807) is 0 Å². The molecule has 0 aliphatic rings. The Morgan fingerprint density at radius 2 is 1.20 bits per heavy atom. The van der Waals surface area contributed by atoms with Crippen molar-refractivity contribution in [3.05, 3.63) is 0 Å². The Kier molecular flexibility index (Phi) is 15.9. The number of hydrogen-bond acceptors (Lipinski definition) is 5. The van der Waals surface area contributed by atoms with Crippen LogP contribution in [0.25, 0.3) is 0 Å². The van der Waals surface area contributed by atoms with Crippen LogP contribution in [0.15, 0.2) is 0 Å². The van der Waals surface area contributed by atoms with Gasteiger partial charge in [0, 0.05) is 13.1 Å². The summed E-state index contributed by atoms with van der Waals surface area (Å²) in [6.07, 6.45) is 5.47. The molecule has 0 rings (SSSR count). The first-order valence-corrected chi connectivity index (χ1v) is 10.5. The maximum Gasteiger partial charge on any atom is 0.0788 e. The minimum Gasteiger partial charge on any atom is -0.390 e. The van der Waals surface area contributed by atoms with Crippen molar-refractivity contribution >= 4 is 0 Å². The van der Waals surface area contributed by atoms with Crippen molar-refractivity contribution in [2.24, 2.45) is 35.1 Å². The van der Waals surface area contributed by atoms with Crippen molar-refractivity contribution in [1.29, 1.82) is 0 Å². The summed E-state index contributed by atoms with van der Waals surface area (Å²) in [5, 5.41) is 17.0. The lowest BCUT2D eigenvalue weighted by atomic mass is 9.91. The average molecular weight is 359 g/mol. The molecule has 5 heteroatoms. The van der Waals surface area contributed by atoms with Gasteiger partial charge >= 0.3 is 0 Å². The Labute approximate surface area is 156 Å². The molecular formula is C20H46N4O. The summed E-state index contributed by atoms with van der Waals surface area (Å²) in [7, 11) is 0. The maximum atomic E-state index is 10.1. The van der Waals surface area contributed by atoms with E-state index in [0.29, 0.717) is 36.8 Å². The smallest absolute Gasteiger partial charge is 0.0788 e. The molecule has 7 N–H and O–H groups in total. The van der Waals surface area contributed by atoms with Crippen LogP contribution in [-0.2, 0) is 0 Å². The van der Waals surface area contributed by atoms with Crippen molar-refractivity contribution in [2.75, 3.05) is 39.3 Å². The molecule has 25 heavy (non-hydrogen) atoms. The molecule has 0 bridgehead atoms. The van der Waals surface area contributed by atoms with Crippen LogP contribution >= 0.6 is 0 Å². The van der Waals surface area contributed by atoms with Gasteiger partial charge < -0.3 is 27.2 Å². The zero-order valence-corrected chi connectivity index (χ0v) is 17.3. The molecule has 0 spiro atoms. The number of nitrogens with two attached hydrogens (primary N) is 2. The fraction of sp³-hybridized carbons (Fsp3) is 1.00. The monoisotopic (exact) mass is 358 g/mol. The molecule has 0 amide bonds. The number of rotatable bonds is 17. The number of aliphatic hydroxyl groups excluding tert-OH is 1. The van der Waals surface area contributed by atoms with E-state index in [1.807, 2.05) is 0 Å². The zero-order valence-electron chi connectivity index (χ0n) is 17.3. The van der Waals surface area contributed by atoms with E-state index in [0.717, 1.165) is 51.9 Å². The Morgan fingerprint density at radius 1 is 0.720 bits per heavy atom. The SMILES string of the molecule is CC[C@H](CN)C[C@H](C)CNC[C@H](O)CNC[C@H](CC)C[C@H](CC)CN. The first-order chi connectivity index (χ1) is 12.0. The van der Waals surface area contributed by atoms with Gasteiger partial charge in [-0.05, 0) is 62.7 Å². The second-order valence-electron chi connectivity index (χ2n) is 7.84. The third-order valence-corrected chi connectivity index (χ3v) is 5.49. The van der Waals surface area contributed by atoms with Crippen LogP contribution in [0, 0.1) is 23.7 Å². The Hall–Kier alpha value is -0.200. The van der Waals surface area contributed by atoms with Crippen molar-refractivity contribution in [2.45, 2.75) is 65.9 Å². The highest BCUT2D eigenvalue weighted by Gasteiger charge is 2.14. The molecule has 0 aliphatic heterocycles. The number of aliphatic hydroxyl groups is 1. The fourth-order valence-corrected chi connectivity index (χ4v) is 3.40. The summed E-state index contributed by atoms with van der Waals surface area (Å²) in [5.41, 5.74) is 11.6. The van der Waals surface area contributed by atoms with Gasteiger partial charge in [0.25, 0.3) is 0 Å². The molecule has 0 fully saturated rings. The van der Waals surface area contributed by atoms with Gasteiger partial charge in [0.05, 0.1) is 6.10 Å². The van der Waals surface area contributed by atoms with Crippen molar-refractivity contribution in [3.63, 3.8) is 0 Å². The zero-order chi connectivity index (χ0) is 19.1. The molecule has 0 aliphatic carbocycles. The third kappa shape index (κ3) is 12.7. The molecule has 152 valence electrons. The van der Waals surface area contributed by atoms with Gasteiger partial charge in [-0.3, -0.25) is 0 Å². The third-order valence-electron chi connectivity index (χ3n) is 5.49. The Bertz CT molecular complexity index is 283. The largest absolute Gasteiger partial charge is 0.390 e. The summed E-state index contributed by atoms with van der Waals surface area (Å²) in [5.74, 6) is 2.49. The van der Waals surface area contributed by atoms with Crippen LogP contribution in [0.2, 0.25) is 0 Å². The lowest BCUT2D eigenvalue weighted by Crippen LogP contribution is -2.39. The molecule has 0 heterocycles. The van der Waals surface area contributed by atoms with Gasteiger partial charge in [-0.15, -0.1) is 0 Å². The quantitative estimate of drug-likeness (QED) is 0.274. The first-order valence-electron chi connectivity index (χ1n) is 10.5. The highest BCUT2D eigenvalue weighted by molar-refractivity contribution is 4.71. The van der Waals surface area contributed by atoms with E-state index in [1.165, 1.54) is 6.42 Å². The topological polar surface area (TPSA) is 96.3 Å². The highest BCUT2D eigenvalue weighted by Crippen LogP contribution is 2.17. The Morgan fingerprint density at radius 3 is 1.68 bits per heavy atom. The van der Waals surface area contributed by atoms with Gasteiger partial charge in [-0.25, -0.2) is 0 Å². The van der Waals surface area contributed by atoms with Crippen LogP contribution < -0.4 is 22.1 Å². The maximum absolute atomic E-state index is 10.1. The predicted molar refractivity (Wildman–Crippen MR) is 110 cm³/mol. The lowest BCUT2D eigenvalue weighted by Gasteiger charge is -2.22. The second-order valence-corrected chi connectivity index (χ2v) is 7.84. The summed E-state index contributed by atoms with van der Waals surface area (Å²) in [6, 6.07) is 0. The van der Waals surface area contributed by atoms with Crippen molar-refractivity contribution in [1.82, 2.24) is 10.6 Å². The van der Waals surface area contributed by atoms with Gasteiger partial charge in [-0.2, -0.15) is 0 Å². The van der Waals surface area contributed by atoms with Gasteiger partial charge in [0.1, 0.15) is 0 Å². The van der Waals surface area contributed by atoms with Gasteiger partial charge in [0.2, 0.25) is 0 Å². The van der Waals surface area contributed by atoms with E-state index in [9.17, 15) is 5.11 Å². The summed E-state index contributed by atoms with van der Waals surface area (Å²) in [4.78, 5) is 0. The van der Waals surface area contributed by atoms with Crippen molar-refractivity contribution < 1.29 is 5.11 Å². The van der Waals surface area contributed by atoms with E-state index >= 15 is 0 Å². The Balaban J connectivity index is 3.83. The normalized spacial score (nSPS) is 17.9. The molecule has 0 aromatic rings. The van der Waals surface area contributed by atoms with Crippen LogP contribution in [0.5, 0.6) is 0 Å². The molecule has 0 aromatic heterocycles. The molecular weight excluding hydrogens is 312 g/mol. The fourth-order valence-electron chi connectivity index (χ4n) is 3.40. The van der Waals surface area contributed by atoms with Gasteiger partial charge in [0.15, 0.2) is 0 Å². The molecule has 0 unspecified atom stereocenters. The summed E-state index contributed by atoms with van der Waals surface area (Å²) in [6.45, 7) is 13.7. The molecule has 0 saturated heterocycles. The standard InChI is InChI=1S/C20H46N4O/c1-5-17(10-21)8-16(4)12-23-14-20(25)15-24-13-19(7-3)9-18(6-2)11-22/h16-20,23-25H,5-15,21-22H2,1-4H3/t16-,17-,18-,19+,20-/m0/s1. The molecule has 0 saturated carbocycles. The number of nitrogens with one attached hydrogen (secondary N) is 2. The number of hydrogen-bond donors (Lipinski definition) is 5. The van der Waals surface area contributed by atoms with Crippen LogP contribution in [0.3, 0.4) is 0 Å². The molecule has 5 nitrogen and oxygen atoms in total.